The summed E-state index contributed by atoms with van der Waals surface area (Å²) in [6, 6.07) is 23.3. The Balaban J connectivity index is 0.862. The van der Waals surface area contributed by atoms with Gasteiger partial charge in [-0.1, -0.05) is 79.8 Å². The van der Waals surface area contributed by atoms with E-state index in [4.69, 9.17) is 4.74 Å². The Bertz CT molecular complexity index is 8620. The van der Waals surface area contributed by atoms with Gasteiger partial charge >= 0.3 is 0 Å². The van der Waals surface area contributed by atoms with Gasteiger partial charge in [-0.25, -0.2) is 0 Å². The van der Waals surface area contributed by atoms with Crippen LogP contribution < -0.4 is 4.74 Å². The minimum Gasteiger partial charge on any atom is -0.494 e. The number of benzene rings is 20. The van der Waals surface area contributed by atoms with Gasteiger partial charge in [-0.05, 0) is 360 Å². The zero-order chi connectivity index (χ0) is 58.2. The van der Waals surface area contributed by atoms with Crippen LogP contribution in [-0.2, 0) is 17.4 Å². The van der Waals surface area contributed by atoms with Crippen LogP contribution in [0.2, 0.25) is 0 Å². The lowest BCUT2D eigenvalue weighted by Gasteiger charge is -2.52. The van der Waals surface area contributed by atoms with Crippen molar-refractivity contribution in [3.8, 4) is 17.9 Å². The second-order valence-corrected chi connectivity index (χ2v) is 31.6. The molecule has 1 fully saturated rings. The van der Waals surface area contributed by atoms with Gasteiger partial charge < -0.3 is 4.74 Å². The van der Waals surface area contributed by atoms with Crippen molar-refractivity contribution in [3.63, 3.8) is 0 Å². The third-order valence-corrected chi connectivity index (χ3v) is 29.8. The highest BCUT2D eigenvalue weighted by Gasteiger charge is 2.76. The van der Waals surface area contributed by atoms with Crippen LogP contribution in [0.3, 0.4) is 0 Å². The molecule has 0 amide bonds. The van der Waals surface area contributed by atoms with Gasteiger partial charge in [0.2, 0.25) is 0 Å². The van der Waals surface area contributed by atoms with Crippen molar-refractivity contribution < 1.29 is 4.74 Å². The van der Waals surface area contributed by atoms with E-state index < -0.39 is 10.8 Å². The molecule has 30 aromatic rings. The Labute approximate surface area is 522 Å². The first-order valence-corrected chi connectivity index (χ1v) is 34.3. The number of nitriles is 2. The average Bonchev–Trinajstić information content (AvgIpc) is 1.38. The van der Waals surface area contributed by atoms with Gasteiger partial charge in [-0.2, -0.15) is 10.5 Å². The molecule has 408 valence electrons. The zero-order valence-electron chi connectivity index (χ0n) is 49.3. The van der Waals surface area contributed by atoms with E-state index in [1.165, 1.54) is 11.1 Å². The van der Waals surface area contributed by atoms with Gasteiger partial charge in [-0.15, -0.1) is 0 Å². The van der Waals surface area contributed by atoms with Crippen LogP contribution in [0.1, 0.15) is 58.3 Å². The van der Waals surface area contributed by atoms with Crippen molar-refractivity contribution in [2.24, 2.45) is 0 Å². The first kappa shape index (κ1) is 40.2. The highest BCUT2D eigenvalue weighted by atomic mass is 16.5. The third kappa shape index (κ3) is 2.69. The molecule has 1 heterocycles. The fourth-order valence-corrected chi connectivity index (χ4v) is 28.7. The van der Waals surface area contributed by atoms with E-state index in [9.17, 15) is 10.5 Å². The molecule has 4 nitrogen and oxygen atoms in total. The van der Waals surface area contributed by atoms with Crippen LogP contribution in [0.5, 0.6) is 5.75 Å². The standard InChI is InChI=1S/C90H27N3O/c1-2-17-94-28-15-9-24(10-16-28)21-93-22-89-84-76-68-58-48-40-32-30-31-34-38-36(32)44-52-46(38)56-50-42(34)43-35(31)39-37-33(30)41(40)49-55-45(37)53-47(39)57-51(43)61-60(50)72-66(56)74-64(52)70(62(68)54(44)48)78(84)80(74)86-82(72)83-73(61)67(57)75-65(53)71-63(55)69(59(49)58)77(76)85(89)79(71)81(75)87(83)90(86,89)88(93)26-13-11-25(12-14-26)29(27(19-91)20-92)18-23-7-5-3-4-6-8-23/h3-16,18,88H,2,17,21-22H2,1H3. The van der Waals surface area contributed by atoms with E-state index in [2.05, 4.69) is 84.6 Å². The Hall–Kier alpha value is -11.7. The molecule has 30 aromatic carbocycles. The van der Waals surface area contributed by atoms with Gasteiger partial charge in [0.05, 0.1) is 23.5 Å². The third-order valence-electron chi connectivity index (χ3n) is 29.8. The highest BCUT2D eigenvalue weighted by molar-refractivity contribution is 6.82. The topological polar surface area (TPSA) is 60.0 Å². The molecule has 0 aromatic heterocycles. The quantitative estimate of drug-likeness (QED) is 0.112. The zero-order valence-corrected chi connectivity index (χ0v) is 49.3. The van der Waals surface area contributed by atoms with E-state index >= 15 is 0 Å². The highest BCUT2D eigenvalue weighted by Crippen LogP contribution is 2.87. The summed E-state index contributed by atoms with van der Waals surface area (Å²) < 4.78 is 6.36. The lowest BCUT2D eigenvalue weighted by atomic mass is 9.47. The number of allylic oxidation sites excluding steroid dienone is 10. The van der Waals surface area contributed by atoms with Crippen LogP contribution in [0.4, 0.5) is 0 Å². The van der Waals surface area contributed by atoms with Crippen molar-refractivity contribution in [1.82, 2.24) is 4.90 Å². The number of rotatable bonds is 8. The molecule has 1 unspecified atom stereocenters. The largest absolute Gasteiger partial charge is 0.494 e. The molecule has 5 aliphatic carbocycles. The Morgan fingerprint density at radius 1 is 0.404 bits per heavy atom. The van der Waals surface area contributed by atoms with Crippen LogP contribution >= 0.6 is 0 Å². The summed E-state index contributed by atoms with van der Waals surface area (Å²) in [4.78, 5) is 3.03. The summed E-state index contributed by atoms with van der Waals surface area (Å²) in [5, 5.41) is 108. The molecule has 6 aliphatic rings. The van der Waals surface area contributed by atoms with Crippen molar-refractivity contribution in [3.05, 3.63) is 141 Å². The fourth-order valence-electron chi connectivity index (χ4n) is 28.7. The number of hydrogen-bond donors (Lipinski definition) is 0. The smallest absolute Gasteiger partial charge is 0.137 e. The minimum absolute atomic E-state index is 0.121. The maximum absolute atomic E-state index is 10.8. The summed E-state index contributed by atoms with van der Waals surface area (Å²) in [6.45, 7) is 4.53. The van der Waals surface area contributed by atoms with E-state index in [1.54, 1.807) is 313 Å². The van der Waals surface area contributed by atoms with Crippen LogP contribution in [-0.4, -0.2) is 18.1 Å². The van der Waals surface area contributed by atoms with Crippen molar-refractivity contribution in [1.29, 1.82) is 10.5 Å². The molecule has 4 heteroatoms. The van der Waals surface area contributed by atoms with Gasteiger partial charge in [0.25, 0.3) is 0 Å². The molecular weight excluding hydrogens is 1140 g/mol. The molecule has 1 saturated heterocycles. The molecule has 1 atom stereocenters. The number of ether oxygens (including phenoxy) is 1. The Kier molecular flexibility index (Phi) is 4.51. The summed E-state index contributed by atoms with van der Waals surface area (Å²) in [5.74, 6) is 0.932. The predicted octanol–water partition coefficient (Wildman–Crippen LogP) is 22.7. The number of likely N-dealkylation sites (tertiary alicyclic amines) is 1. The second-order valence-electron chi connectivity index (χ2n) is 31.6. The minimum atomic E-state index is -0.571. The Morgan fingerprint density at radius 3 is 1.02 bits per heavy atom. The van der Waals surface area contributed by atoms with E-state index in [1.807, 2.05) is 30.4 Å². The Morgan fingerprint density at radius 2 is 0.713 bits per heavy atom. The molecule has 1 aliphatic heterocycles. The maximum Gasteiger partial charge on any atom is 0.137 e. The first-order valence-electron chi connectivity index (χ1n) is 34.3. The fraction of sp³-hybridized carbons (Fsp3) is 0.0889. The number of hydrogen-bond acceptors (Lipinski definition) is 4. The molecule has 94 heavy (non-hydrogen) atoms. The molecule has 0 N–H and O–H groups in total. The van der Waals surface area contributed by atoms with Crippen LogP contribution in [0, 0.1) is 22.7 Å². The number of nitrogens with zero attached hydrogens (tertiary/aromatic N) is 3. The molecular formula is C90H27N3O. The van der Waals surface area contributed by atoms with E-state index in [0.717, 1.165) is 36.4 Å². The molecule has 2 spiro atoms. The summed E-state index contributed by atoms with van der Waals surface area (Å²) >= 11 is 0. The predicted molar refractivity (Wildman–Crippen MR) is 389 cm³/mol. The van der Waals surface area contributed by atoms with Gasteiger partial charge in [0.15, 0.2) is 0 Å². The van der Waals surface area contributed by atoms with E-state index in [0.29, 0.717) is 12.2 Å². The maximum atomic E-state index is 10.8. The van der Waals surface area contributed by atoms with Crippen LogP contribution in [0.15, 0.2) is 102 Å². The molecule has 0 radical (unpaired) electrons. The summed E-state index contributed by atoms with van der Waals surface area (Å²) in [6.07, 6.45) is 15.3. The van der Waals surface area contributed by atoms with Crippen LogP contribution in [0.25, 0.3) is 296 Å². The summed E-state index contributed by atoms with van der Waals surface area (Å²) in [7, 11) is 0. The normalized spacial score (nSPS) is 21.1. The SMILES string of the molecule is CCCOc1ccc(CN2CC34c5c6c7c8c9c%10c(c%11c%12c3c3c5c5c%13c6c6c7c7c9c9c%14c%10c%10c%11c%11c%12c%12c3c3c5c5c%13c%13c6c6c7c9c7c9c%14c%10c%10c%11c%11c%12c3c3c5c5c%13c6c7c6c9c%10c%11c3c56)C84C2c2ccc(C(C=C3C=CC=CC=C3)=C(C#N)C#N)cc2)cc1. The second kappa shape index (κ2) is 10.5. The summed E-state index contributed by atoms with van der Waals surface area (Å²) in [5.41, 5.74) is 10.8. The van der Waals surface area contributed by atoms with Crippen molar-refractivity contribution in [2.45, 2.75) is 36.8 Å². The molecule has 0 bridgehead atoms. The van der Waals surface area contributed by atoms with Crippen molar-refractivity contribution >= 4 is 296 Å². The van der Waals surface area contributed by atoms with Crippen molar-refractivity contribution in [2.75, 3.05) is 13.2 Å². The lowest BCUT2D eigenvalue weighted by molar-refractivity contribution is 0.218. The van der Waals surface area contributed by atoms with Gasteiger partial charge in [-0.3, -0.25) is 4.90 Å². The van der Waals surface area contributed by atoms with Gasteiger partial charge in [0.1, 0.15) is 23.5 Å². The molecule has 0 saturated carbocycles. The van der Waals surface area contributed by atoms with Gasteiger partial charge in [0, 0.05) is 18.7 Å². The monoisotopic (exact) mass is 1170 g/mol. The van der Waals surface area contributed by atoms with E-state index in [-0.39, 0.29) is 11.6 Å². The molecule has 36 rings (SSSR count). The first-order chi connectivity index (χ1) is 46.7. The average molecular weight is 1170 g/mol. The lowest BCUT2D eigenvalue weighted by Crippen LogP contribution is -2.51.